The predicted octanol–water partition coefficient (Wildman–Crippen LogP) is 2.26. The molecular formula is C28H31F5N6O2. The lowest BCUT2D eigenvalue weighted by molar-refractivity contribution is -0.138. The highest BCUT2D eigenvalue weighted by Gasteiger charge is 2.49. The Hall–Kier alpha value is -3.19. The zero-order valence-corrected chi connectivity index (χ0v) is 22.2. The third-order valence-electron chi connectivity index (χ3n) is 9.18. The number of alkyl halides is 4. The van der Waals surface area contributed by atoms with Gasteiger partial charge in [-0.2, -0.15) is 23.1 Å². The van der Waals surface area contributed by atoms with E-state index in [0.717, 1.165) is 50.4 Å². The molecule has 3 unspecified atom stereocenters. The predicted molar refractivity (Wildman–Crippen MR) is 140 cm³/mol. The molecule has 0 radical (unpaired) electrons. The van der Waals surface area contributed by atoms with Crippen LogP contribution in [0.2, 0.25) is 0 Å². The Bertz CT molecular complexity index is 1480. The van der Waals surface area contributed by atoms with Gasteiger partial charge in [0.05, 0.1) is 16.3 Å². The normalized spacial score (nSPS) is 31.0. The second-order valence-corrected chi connectivity index (χ2v) is 11.9. The van der Waals surface area contributed by atoms with Gasteiger partial charge in [0, 0.05) is 44.3 Å². The lowest BCUT2D eigenvalue weighted by atomic mass is 9.95. The zero-order valence-electron chi connectivity index (χ0n) is 22.2. The van der Waals surface area contributed by atoms with Crippen molar-refractivity contribution in [1.29, 1.82) is 0 Å². The Morgan fingerprint density at radius 3 is 2.66 bits per heavy atom. The van der Waals surface area contributed by atoms with Crippen LogP contribution in [0.3, 0.4) is 0 Å². The highest BCUT2D eigenvalue weighted by atomic mass is 19.4. The molecule has 13 heteroatoms. The third kappa shape index (κ3) is 4.66. The highest BCUT2D eigenvalue weighted by molar-refractivity contribution is 5.59. The van der Waals surface area contributed by atoms with Crippen LogP contribution in [0, 0.1) is 0 Å². The summed E-state index contributed by atoms with van der Waals surface area (Å²) < 4.78 is 78.2. The maximum atomic E-state index is 16.3. The fraction of sp³-hybridized carbons (Fsp3) is 0.571. The number of hydrogen-bond acceptors (Lipinski definition) is 8. The number of rotatable bonds is 5. The average Bonchev–Trinajstić information content (AvgIpc) is 3.57. The molecule has 3 N–H and O–H groups in total. The van der Waals surface area contributed by atoms with Crippen molar-refractivity contribution in [2.24, 2.45) is 0 Å². The number of nitrogens with zero attached hydrogens (tertiary/aromatic N) is 4. The van der Waals surface area contributed by atoms with Crippen molar-refractivity contribution in [3.63, 3.8) is 0 Å². The van der Waals surface area contributed by atoms with Gasteiger partial charge in [0.15, 0.2) is 5.83 Å². The second kappa shape index (κ2) is 9.69. The minimum atomic E-state index is -4.77. The smallest absolute Gasteiger partial charge is 0.416 e. The number of fused-ring (bicyclic) bond motifs is 4. The van der Waals surface area contributed by atoms with Gasteiger partial charge in [0.1, 0.15) is 35.7 Å². The number of piperazine rings is 1. The van der Waals surface area contributed by atoms with Gasteiger partial charge in [-0.3, -0.25) is 4.90 Å². The number of halogens is 5. The van der Waals surface area contributed by atoms with Crippen LogP contribution in [0.25, 0.3) is 12.0 Å². The van der Waals surface area contributed by atoms with Crippen molar-refractivity contribution in [1.82, 2.24) is 25.5 Å². The molecule has 2 bridgehead atoms. The number of hydrogen-bond donors (Lipinski definition) is 3. The number of phenols is 1. The minimum Gasteiger partial charge on any atom is -0.508 e. The topological polar surface area (TPSA) is 85.8 Å². The SMILES string of the molecule is Oc1ccc(C(F)(F)F)c(C2NC=c3c(N4CC5CCC(C4)N5)nc(OC[C@@]45CCCN4C[C@H](F)C5)nc3=C2F)c1. The van der Waals surface area contributed by atoms with Gasteiger partial charge in [0.25, 0.3) is 0 Å². The maximum absolute atomic E-state index is 16.3. The van der Waals surface area contributed by atoms with Gasteiger partial charge < -0.3 is 25.4 Å². The molecule has 5 aliphatic heterocycles. The molecule has 41 heavy (non-hydrogen) atoms. The molecular weight excluding hydrogens is 547 g/mol. The first-order chi connectivity index (χ1) is 19.6. The van der Waals surface area contributed by atoms with E-state index in [1.54, 1.807) is 0 Å². The molecule has 4 saturated heterocycles. The summed E-state index contributed by atoms with van der Waals surface area (Å²) in [4.78, 5) is 13.2. The number of aromatic hydroxyl groups is 1. The van der Waals surface area contributed by atoms with Crippen LogP contribution in [-0.4, -0.2) is 76.6 Å². The number of phenolic OH excluding ortho intramolecular Hbond substituents is 1. The van der Waals surface area contributed by atoms with Crippen LogP contribution >= 0.6 is 0 Å². The fourth-order valence-corrected chi connectivity index (χ4v) is 7.33. The Morgan fingerprint density at radius 1 is 1.12 bits per heavy atom. The number of anilines is 1. The summed E-state index contributed by atoms with van der Waals surface area (Å²) in [6.07, 6.45) is -0.240. The molecule has 2 aromatic rings. The molecule has 7 rings (SSSR count). The van der Waals surface area contributed by atoms with E-state index in [-0.39, 0.29) is 30.1 Å². The van der Waals surface area contributed by atoms with Gasteiger partial charge in [-0.1, -0.05) is 0 Å². The Kier molecular flexibility index (Phi) is 6.31. The first kappa shape index (κ1) is 26.7. The standard InChI is InChI=1S/C28H31F5N6O2/c29-15-9-27(6-1-7-39(27)11-15)14-41-26-36-24-20(25(37-26)38-12-16-2-3-17(13-38)35-16)10-34-23(22(24)30)19-8-18(40)4-5-21(19)28(31,32)33/h4-5,8,10,15-17,23,34-35,40H,1-3,6-7,9,11-14H2/t15-,16?,17?,23?,27+/m1/s1. The van der Waals surface area contributed by atoms with Crippen LogP contribution in [0.4, 0.5) is 27.8 Å². The van der Waals surface area contributed by atoms with E-state index in [1.807, 2.05) is 4.90 Å². The quantitative estimate of drug-likeness (QED) is 0.467. The van der Waals surface area contributed by atoms with Crippen molar-refractivity contribution in [2.75, 3.05) is 37.7 Å². The molecule has 0 saturated carbocycles. The molecule has 5 aliphatic rings. The summed E-state index contributed by atoms with van der Waals surface area (Å²) in [6, 6.07) is 1.43. The van der Waals surface area contributed by atoms with Crippen LogP contribution < -0.4 is 30.8 Å². The Morgan fingerprint density at radius 2 is 1.90 bits per heavy atom. The Balaban J connectivity index is 1.31. The number of ether oxygens (including phenoxy) is 1. The van der Waals surface area contributed by atoms with Crippen molar-refractivity contribution in [2.45, 2.75) is 68.1 Å². The first-order valence-corrected chi connectivity index (χ1v) is 14.1. The fourth-order valence-electron chi connectivity index (χ4n) is 7.33. The molecule has 0 amide bonds. The van der Waals surface area contributed by atoms with Crippen LogP contribution in [0.1, 0.15) is 49.3 Å². The van der Waals surface area contributed by atoms with Crippen LogP contribution in [0.15, 0.2) is 18.2 Å². The summed E-state index contributed by atoms with van der Waals surface area (Å²) in [5.74, 6) is -0.914. The van der Waals surface area contributed by atoms with E-state index in [4.69, 9.17) is 4.74 Å². The summed E-state index contributed by atoms with van der Waals surface area (Å²) in [7, 11) is 0. The van der Waals surface area contributed by atoms with Gasteiger partial charge in [-0.25, -0.2) is 8.78 Å². The summed E-state index contributed by atoms with van der Waals surface area (Å²) >= 11 is 0. The van der Waals surface area contributed by atoms with E-state index in [2.05, 4.69) is 25.5 Å². The van der Waals surface area contributed by atoms with Crippen molar-refractivity contribution < 1.29 is 31.8 Å². The van der Waals surface area contributed by atoms with E-state index in [9.17, 15) is 22.7 Å². The lowest BCUT2D eigenvalue weighted by Crippen LogP contribution is -2.54. The monoisotopic (exact) mass is 578 g/mol. The summed E-state index contributed by atoms with van der Waals surface area (Å²) in [6.45, 7) is 2.52. The molecule has 220 valence electrons. The Labute approximate surface area is 232 Å². The summed E-state index contributed by atoms with van der Waals surface area (Å²) in [5.41, 5.74) is -2.00. The molecule has 5 atom stereocenters. The average molecular weight is 579 g/mol. The third-order valence-corrected chi connectivity index (χ3v) is 9.18. The lowest BCUT2D eigenvalue weighted by Gasteiger charge is -2.35. The van der Waals surface area contributed by atoms with Crippen LogP contribution in [-0.2, 0) is 6.18 Å². The second-order valence-electron chi connectivity index (χ2n) is 11.9. The van der Waals surface area contributed by atoms with E-state index < -0.39 is 46.6 Å². The number of benzene rings is 1. The van der Waals surface area contributed by atoms with Gasteiger partial charge in [0.2, 0.25) is 0 Å². The van der Waals surface area contributed by atoms with Crippen LogP contribution in [0.5, 0.6) is 11.8 Å². The number of aromatic nitrogens is 2. The molecule has 6 heterocycles. The minimum absolute atomic E-state index is 0.0932. The molecule has 0 spiro atoms. The molecule has 4 fully saturated rings. The molecule has 0 aliphatic carbocycles. The summed E-state index contributed by atoms with van der Waals surface area (Å²) in [5, 5.41) is 16.5. The van der Waals surface area contributed by atoms with Gasteiger partial charge in [-0.15, -0.1) is 0 Å². The van der Waals surface area contributed by atoms with Crippen molar-refractivity contribution in [3.05, 3.63) is 39.9 Å². The van der Waals surface area contributed by atoms with E-state index >= 15 is 4.39 Å². The molecule has 1 aromatic heterocycles. The molecule has 8 nitrogen and oxygen atoms in total. The highest BCUT2D eigenvalue weighted by Crippen LogP contribution is 2.41. The maximum Gasteiger partial charge on any atom is 0.416 e. The zero-order chi connectivity index (χ0) is 28.5. The van der Waals surface area contributed by atoms with Crippen molar-refractivity contribution in [3.8, 4) is 11.8 Å². The largest absolute Gasteiger partial charge is 0.508 e. The van der Waals surface area contributed by atoms with E-state index in [0.29, 0.717) is 37.1 Å². The van der Waals surface area contributed by atoms with Crippen molar-refractivity contribution >= 4 is 17.8 Å². The molecule has 1 aromatic carbocycles. The number of nitrogens with one attached hydrogen (secondary N) is 2. The van der Waals surface area contributed by atoms with Gasteiger partial charge in [-0.05, 0) is 56.0 Å². The first-order valence-electron chi connectivity index (χ1n) is 14.1. The van der Waals surface area contributed by atoms with E-state index in [1.165, 1.54) is 6.20 Å². The van der Waals surface area contributed by atoms with Gasteiger partial charge >= 0.3 is 12.2 Å².